The van der Waals surface area contributed by atoms with Gasteiger partial charge in [-0.3, -0.25) is 4.79 Å². The molecule has 0 fully saturated rings. The topological polar surface area (TPSA) is 33.2 Å². The van der Waals surface area contributed by atoms with Crippen LogP contribution in [-0.4, -0.2) is 22.8 Å². The molecule has 25 heavy (non-hydrogen) atoms. The third-order valence-corrected chi connectivity index (χ3v) is 5.50. The molecule has 0 N–H and O–H groups in total. The van der Waals surface area contributed by atoms with Crippen LogP contribution < -0.4 is 0 Å². The van der Waals surface area contributed by atoms with Crippen molar-refractivity contribution >= 4 is 28.8 Å². The molecule has 3 nitrogen and oxygen atoms in total. The van der Waals surface area contributed by atoms with E-state index in [4.69, 9.17) is 11.6 Å². The number of carbonyl (C=O) groups is 1. The summed E-state index contributed by atoms with van der Waals surface area (Å²) in [6.07, 6.45) is 0.286. The lowest BCUT2D eigenvalue weighted by Gasteiger charge is -2.25. The normalized spacial score (nSPS) is 12.0. The number of rotatable bonds is 5. The van der Waals surface area contributed by atoms with Crippen molar-refractivity contribution in [2.24, 2.45) is 0 Å². The highest BCUT2D eigenvalue weighted by atomic mass is 35.5. The van der Waals surface area contributed by atoms with Gasteiger partial charge in [0.2, 0.25) is 5.91 Å². The van der Waals surface area contributed by atoms with Gasteiger partial charge in [-0.2, -0.15) is 0 Å². The van der Waals surface area contributed by atoms with E-state index in [1.54, 1.807) is 4.90 Å². The second kappa shape index (κ2) is 7.81. The Hall–Kier alpha value is -2.17. The van der Waals surface area contributed by atoms with Crippen LogP contribution in [0.5, 0.6) is 0 Å². The lowest BCUT2D eigenvalue weighted by Crippen LogP contribution is -2.31. The minimum absolute atomic E-state index is 0.0235. The van der Waals surface area contributed by atoms with E-state index in [0.29, 0.717) is 5.02 Å². The third-order valence-electron chi connectivity index (χ3n) is 4.24. The zero-order valence-electron chi connectivity index (χ0n) is 14.1. The maximum Gasteiger partial charge on any atom is 0.228 e. The van der Waals surface area contributed by atoms with E-state index in [2.05, 4.69) is 4.98 Å². The Labute approximate surface area is 156 Å². The molecule has 3 rings (SSSR count). The van der Waals surface area contributed by atoms with Crippen LogP contribution in [0, 0.1) is 0 Å². The van der Waals surface area contributed by atoms with E-state index in [0.717, 1.165) is 21.8 Å². The molecule has 2 aromatic carbocycles. The highest BCUT2D eigenvalue weighted by Crippen LogP contribution is 2.30. The zero-order chi connectivity index (χ0) is 17.8. The van der Waals surface area contributed by atoms with Crippen LogP contribution in [0.4, 0.5) is 0 Å². The Kier molecular flexibility index (Phi) is 5.51. The molecule has 0 radical (unpaired) electrons. The van der Waals surface area contributed by atoms with Gasteiger partial charge < -0.3 is 4.90 Å². The van der Waals surface area contributed by atoms with Gasteiger partial charge in [-0.1, -0.05) is 60.1 Å². The first-order chi connectivity index (χ1) is 12.1. The fourth-order valence-corrected chi connectivity index (χ4v) is 3.74. The Balaban J connectivity index is 1.70. The van der Waals surface area contributed by atoms with Gasteiger partial charge in [0.1, 0.15) is 5.01 Å². The van der Waals surface area contributed by atoms with Gasteiger partial charge in [0.15, 0.2) is 0 Å². The van der Waals surface area contributed by atoms with E-state index in [-0.39, 0.29) is 18.4 Å². The van der Waals surface area contributed by atoms with Crippen molar-refractivity contribution in [3.63, 3.8) is 0 Å². The summed E-state index contributed by atoms with van der Waals surface area (Å²) < 4.78 is 0. The Bertz CT molecular complexity index is 863. The standard InChI is InChI=1S/C20H19ClN2OS/c1-14(15-8-4-3-5-9-15)23(2)19(24)12-16-13-25-20(22-16)17-10-6-7-11-18(17)21/h3-11,13-14H,12H2,1-2H3. The van der Waals surface area contributed by atoms with E-state index in [1.165, 1.54) is 11.3 Å². The maximum absolute atomic E-state index is 12.6. The summed E-state index contributed by atoms with van der Waals surface area (Å²) in [7, 11) is 1.83. The monoisotopic (exact) mass is 370 g/mol. The van der Waals surface area contributed by atoms with Crippen LogP contribution in [0.1, 0.15) is 24.2 Å². The highest BCUT2D eigenvalue weighted by Gasteiger charge is 2.19. The molecule has 0 aliphatic carbocycles. The molecular weight excluding hydrogens is 352 g/mol. The lowest BCUT2D eigenvalue weighted by molar-refractivity contribution is -0.131. The Morgan fingerprint density at radius 3 is 2.56 bits per heavy atom. The summed E-state index contributed by atoms with van der Waals surface area (Å²) in [5.41, 5.74) is 2.80. The van der Waals surface area contributed by atoms with Crippen molar-refractivity contribution in [3.8, 4) is 10.6 Å². The molecule has 1 heterocycles. The quantitative estimate of drug-likeness (QED) is 0.616. The number of benzene rings is 2. The maximum atomic E-state index is 12.6. The van der Waals surface area contributed by atoms with Gasteiger partial charge in [0, 0.05) is 18.0 Å². The minimum Gasteiger partial charge on any atom is -0.339 e. The predicted octanol–water partition coefficient (Wildman–Crippen LogP) is 5.23. The van der Waals surface area contributed by atoms with E-state index in [1.807, 2.05) is 73.9 Å². The van der Waals surface area contributed by atoms with Crippen molar-refractivity contribution in [1.82, 2.24) is 9.88 Å². The summed E-state index contributed by atoms with van der Waals surface area (Å²) in [5.74, 6) is 0.0485. The van der Waals surface area contributed by atoms with Gasteiger partial charge in [-0.05, 0) is 18.6 Å². The van der Waals surface area contributed by atoms with Gasteiger partial charge in [0.05, 0.1) is 23.2 Å². The molecule has 1 atom stereocenters. The fourth-order valence-electron chi connectivity index (χ4n) is 2.60. The molecular formula is C20H19ClN2OS. The van der Waals surface area contributed by atoms with Gasteiger partial charge in [-0.15, -0.1) is 11.3 Å². The second-order valence-electron chi connectivity index (χ2n) is 5.89. The van der Waals surface area contributed by atoms with Crippen LogP contribution >= 0.6 is 22.9 Å². The number of carbonyl (C=O) groups excluding carboxylic acids is 1. The molecule has 1 unspecified atom stereocenters. The van der Waals surface area contributed by atoms with E-state index >= 15 is 0 Å². The Morgan fingerprint density at radius 1 is 1.16 bits per heavy atom. The summed E-state index contributed by atoms with van der Waals surface area (Å²) in [5, 5.41) is 3.44. The van der Waals surface area contributed by atoms with E-state index in [9.17, 15) is 4.79 Å². The fraction of sp³-hybridized carbons (Fsp3) is 0.200. The summed E-state index contributed by atoms with van der Waals surface area (Å²) in [6, 6.07) is 17.7. The smallest absolute Gasteiger partial charge is 0.228 e. The molecule has 0 saturated carbocycles. The molecule has 0 bridgehead atoms. The number of hydrogen-bond acceptors (Lipinski definition) is 3. The van der Waals surface area contributed by atoms with Crippen LogP contribution in [0.15, 0.2) is 60.0 Å². The predicted molar refractivity (Wildman–Crippen MR) is 104 cm³/mol. The summed E-state index contributed by atoms with van der Waals surface area (Å²) >= 11 is 7.73. The third kappa shape index (κ3) is 4.09. The number of thiazole rings is 1. The van der Waals surface area contributed by atoms with Crippen LogP contribution in [0.25, 0.3) is 10.6 Å². The summed E-state index contributed by atoms with van der Waals surface area (Å²) in [4.78, 5) is 19.0. The molecule has 0 aliphatic heterocycles. The first-order valence-electron chi connectivity index (χ1n) is 8.06. The van der Waals surface area contributed by atoms with Crippen molar-refractivity contribution in [2.45, 2.75) is 19.4 Å². The van der Waals surface area contributed by atoms with Gasteiger partial charge >= 0.3 is 0 Å². The number of amides is 1. The minimum atomic E-state index is 0.0235. The van der Waals surface area contributed by atoms with Crippen molar-refractivity contribution in [2.75, 3.05) is 7.05 Å². The Morgan fingerprint density at radius 2 is 1.84 bits per heavy atom. The molecule has 0 spiro atoms. The molecule has 1 amide bonds. The largest absolute Gasteiger partial charge is 0.339 e. The molecule has 0 aliphatic rings. The number of nitrogens with zero attached hydrogens (tertiary/aromatic N) is 2. The van der Waals surface area contributed by atoms with Crippen LogP contribution in [0.3, 0.4) is 0 Å². The zero-order valence-corrected chi connectivity index (χ0v) is 15.7. The number of aromatic nitrogens is 1. The van der Waals surface area contributed by atoms with Crippen LogP contribution in [0.2, 0.25) is 5.02 Å². The van der Waals surface area contributed by atoms with Crippen molar-refractivity contribution in [1.29, 1.82) is 0 Å². The second-order valence-corrected chi connectivity index (χ2v) is 7.16. The molecule has 1 aromatic heterocycles. The number of hydrogen-bond donors (Lipinski definition) is 0. The van der Waals surface area contributed by atoms with Gasteiger partial charge in [-0.25, -0.2) is 4.98 Å². The lowest BCUT2D eigenvalue weighted by atomic mass is 10.1. The first kappa shape index (κ1) is 17.6. The molecule has 3 aromatic rings. The van der Waals surface area contributed by atoms with Crippen LogP contribution in [-0.2, 0) is 11.2 Å². The van der Waals surface area contributed by atoms with E-state index < -0.39 is 0 Å². The number of likely N-dealkylation sites (N-methyl/N-ethyl adjacent to an activating group) is 1. The SMILES string of the molecule is CC(c1ccccc1)N(C)C(=O)Cc1csc(-c2ccccc2Cl)n1. The molecule has 5 heteroatoms. The van der Waals surface area contributed by atoms with Crippen molar-refractivity contribution < 1.29 is 4.79 Å². The average molecular weight is 371 g/mol. The average Bonchev–Trinajstić information content (AvgIpc) is 3.09. The first-order valence-corrected chi connectivity index (χ1v) is 9.32. The van der Waals surface area contributed by atoms with Crippen molar-refractivity contribution in [3.05, 3.63) is 76.3 Å². The molecule has 0 saturated heterocycles. The summed E-state index contributed by atoms with van der Waals surface area (Å²) in [6.45, 7) is 2.03. The van der Waals surface area contributed by atoms with Gasteiger partial charge in [0.25, 0.3) is 0 Å². The molecule has 128 valence electrons. The number of halogens is 1. The highest BCUT2D eigenvalue weighted by molar-refractivity contribution is 7.13.